The van der Waals surface area contributed by atoms with Crippen LogP contribution in [0.2, 0.25) is 0 Å². The van der Waals surface area contributed by atoms with Gasteiger partial charge in [0.25, 0.3) is 0 Å². The highest BCUT2D eigenvalue weighted by Crippen LogP contribution is 2.25. The maximum absolute atomic E-state index is 10.9. The van der Waals surface area contributed by atoms with E-state index in [1.807, 2.05) is 12.1 Å². The first-order valence-electron chi connectivity index (χ1n) is 4.34. The molecule has 0 fully saturated rings. The van der Waals surface area contributed by atoms with Crippen LogP contribution in [0, 0.1) is 0 Å². The average molecular weight is 176 g/mol. The van der Waals surface area contributed by atoms with Crippen LogP contribution in [0.1, 0.15) is 34.5 Å². The van der Waals surface area contributed by atoms with Gasteiger partial charge in [-0.1, -0.05) is 6.07 Å². The van der Waals surface area contributed by atoms with Gasteiger partial charge in [-0.25, -0.2) is 0 Å². The largest absolute Gasteiger partial charge is 0.366 e. The maximum Gasteiger partial charge on any atom is 0.248 e. The Balaban J connectivity index is 2.45. The minimum atomic E-state index is -0.359. The molecule has 0 bridgehead atoms. The highest BCUT2D eigenvalue weighted by atomic mass is 16.1. The average Bonchev–Trinajstić information content (AvgIpc) is 2.47. The van der Waals surface area contributed by atoms with Gasteiger partial charge in [0.15, 0.2) is 0 Å². The van der Waals surface area contributed by atoms with Crippen molar-refractivity contribution in [2.45, 2.75) is 19.5 Å². The quantitative estimate of drug-likeness (QED) is 0.669. The van der Waals surface area contributed by atoms with Crippen LogP contribution in [0.25, 0.3) is 0 Å². The molecule has 0 aromatic heterocycles. The molecule has 1 heterocycles. The standard InChI is InChI=1S/C10H12N2O/c1-6-9-3-2-7(10(11)13)4-8(9)5-12-6/h2-4,6,12H,5H2,1H3,(H2,11,13). The van der Waals surface area contributed by atoms with Crippen molar-refractivity contribution in [3.8, 4) is 0 Å². The van der Waals surface area contributed by atoms with Crippen molar-refractivity contribution >= 4 is 5.91 Å². The van der Waals surface area contributed by atoms with Crippen molar-refractivity contribution in [2.24, 2.45) is 5.73 Å². The molecule has 0 spiro atoms. The van der Waals surface area contributed by atoms with Crippen LogP contribution in [0.5, 0.6) is 0 Å². The maximum atomic E-state index is 10.9. The summed E-state index contributed by atoms with van der Waals surface area (Å²) in [5.41, 5.74) is 8.23. The number of hydrogen-bond donors (Lipinski definition) is 2. The molecule has 1 amide bonds. The highest BCUT2D eigenvalue weighted by molar-refractivity contribution is 5.93. The van der Waals surface area contributed by atoms with E-state index in [2.05, 4.69) is 12.2 Å². The lowest BCUT2D eigenvalue weighted by Gasteiger charge is -2.04. The summed E-state index contributed by atoms with van der Waals surface area (Å²) in [4.78, 5) is 10.9. The molecule has 1 atom stereocenters. The predicted octanol–water partition coefficient (Wildman–Crippen LogP) is 0.950. The number of benzene rings is 1. The summed E-state index contributed by atoms with van der Waals surface area (Å²) in [6.07, 6.45) is 0. The first-order chi connectivity index (χ1) is 6.18. The molecule has 0 aliphatic carbocycles. The molecule has 0 radical (unpaired) electrons. The highest BCUT2D eigenvalue weighted by Gasteiger charge is 2.18. The van der Waals surface area contributed by atoms with Gasteiger partial charge in [0.2, 0.25) is 5.91 Å². The summed E-state index contributed by atoms with van der Waals surface area (Å²) in [5, 5.41) is 3.30. The Morgan fingerprint density at radius 2 is 2.38 bits per heavy atom. The molecule has 13 heavy (non-hydrogen) atoms. The molecule has 3 heteroatoms. The Bertz CT molecular complexity index is 360. The van der Waals surface area contributed by atoms with E-state index in [0.29, 0.717) is 11.6 Å². The fourth-order valence-electron chi connectivity index (χ4n) is 1.71. The van der Waals surface area contributed by atoms with Crippen LogP contribution in [-0.4, -0.2) is 5.91 Å². The lowest BCUT2D eigenvalue weighted by molar-refractivity contribution is 0.1000. The van der Waals surface area contributed by atoms with Crippen molar-refractivity contribution in [1.29, 1.82) is 0 Å². The first-order valence-corrected chi connectivity index (χ1v) is 4.34. The number of nitrogens with one attached hydrogen (secondary N) is 1. The Labute approximate surface area is 76.9 Å². The van der Waals surface area contributed by atoms with Crippen molar-refractivity contribution in [3.63, 3.8) is 0 Å². The van der Waals surface area contributed by atoms with E-state index < -0.39 is 0 Å². The second kappa shape index (κ2) is 2.85. The van der Waals surface area contributed by atoms with E-state index in [1.54, 1.807) is 6.07 Å². The van der Waals surface area contributed by atoms with Gasteiger partial charge in [0, 0.05) is 18.2 Å². The molecular formula is C10H12N2O. The van der Waals surface area contributed by atoms with Gasteiger partial charge in [-0.3, -0.25) is 4.79 Å². The number of hydrogen-bond acceptors (Lipinski definition) is 2. The Morgan fingerprint density at radius 1 is 1.62 bits per heavy atom. The number of primary amides is 1. The van der Waals surface area contributed by atoms with Crippen molar-refractivity contribution in [2.75, 3.05) is 0 Å². The summed E-state index contributed by atoms with van der Waals surface area (Å²) in [7, 11) is 0. The molecule has 1 aliphatic heterocycles. The lowest BCUT2D eigenvalue weighted by atomic mass is 10.0. The minimum absolute atomic E-state index is 0.359. The molecular weight excluding hydrogens is 164 g/mol. The van der Waals surface area contributed by atoms with E-state index in [0.717, 1.165) is 6.54 Å². The van der Waals surface area contributed by atoms with Gasteiger partial charge >= 0.3 is 0 Å². The molecule has 0 saturated heterocycles. The number of nitrogens with two attached hydrogens (primary N) is 1. The molecule has 68 valence electrons. The second-order valence-corrected chi connectivity index (χ2v) is 3.38. The van der Waals surface area contributed by atoms with Gasteiger partial charge in [-0.15, -0.1) is 0 Å². The van der Waals surface area contributed by atoms with E-state index in [-0.39, 0.29) is 5.91 Å². The summed E-state index contributed by atoms with van der Waals surface area (Å²) in [5.74, 6) is -0.359. The number of amides is 1. The molecule has 3 nitrogen and oxygen atoms in total. The van der Waals surface area contributed by atoms with Crippen LogP contribution >= 0.6 is 0 Å². The first kappa shape index (κ1) is 8.26. The third-order valence-corrected chi connectivity index (χ3v) is 2.49. The monoisotopic (exact) mass is 176 g/mol. The van der Waals surface area contributed by atoms with Crippen molar-refractivity contribution in [3.05, 3.63) is 34.9 Å². The van der Waals surface area contributed by atoms with Crippen molar-refractivity contribution < 1.29 is 4.79 Å². The van der Waals surface area contributed by atoms with Gasteiger partial charge in [-0.05, 0) is 30.2 Å². The zero-order chi connectivity index (χ0) is 9.42. The van der Waals surface area contributed by atoms with Gasteiger partial charge in [0.05, 0.1) is 0 Å². The summed E-state index contributed by atoms with van der Waals surface area (Å²) < 4.78 is 0. The normalized spacial score (nSPS) is 19.9. The summed E-state index contributed by atoms with van der Waals surface area (Å²) in [6.45, 7) is 2.94. The third kappa shape index (κ3) is 1.31. The molecule has 1 aromatic rings. The smallest absolute Gasteiger partial charge is 0.248 e. The number of fused-ring (bicyclic) bond motifs is 1. The van der Waals surface area contributed by atoms with E-state index in [1.165, 1.54) is 11.1 Å². The second-order valence-electron chi connectivity index (χ2n) is 3.38. The third-order valence-electron chi connectivity index (χ3n) is 2.49. The molecule has 2 rings (SSSR count). The van der Waals surface area contributed by atoms with E-state index in [4.69, 9.17) is 5.73 Å². The van der Waals surface area contributed by atoms with Gasteiger partial charge in [-0.2, -0.15) is 0 Å². The van der Waals surface area contributed by atoms with Crippen molar-refractivity contribution in [1.82, 2.24) is 5.32 Å². The number of rotatable bonds is 1. The Morgan fingerprint density at radius 3 is 3.08 bits per heavy atom. The zero-order valence-corrected chi connectivity index (χ0v) is 7.50. The lowest BCUT2D eigenvalue weighted by Crippen LogP contribution is -2.11. The summed E-state index contributed by atoms with van der Waals surface area (Å²) >= 11 is 0. The molecule has 0 saturated carbocycles. The van der Waals surface area contributed by atoms with Gasteiger partial charge in [0.1, 0.15) is 0 Å². The van der Waals surface area contributed by atoms with Crippen LogP contribution in [0.15, 0.2) is 18.2 Å². The van der Waals surface area contributed by atoms with Gasteiger partial charge < -0.3 is 11.1 Å². The topological polar surface area (TPSA) is 55.1 Å². The van der Waals surface area contributed by atoms with Crippen LogP contribution < -0.4 is 11.1 Å². The zero-order valence-electron chi connectivity index (χ0n) is 7.50. The fourth-order valence-corrected chi connectivity index (χ4v) is 1.71. The van der Waals surface area contributed by atoms with Crippen LogP contribution in [0.4, 0.5) is 0 Å². The van der Waals surface area contributed by atoms with E-state index in [9.17, 15) is 4.79 Å². The molecule has 1 aromatic carbocycles. The number of carbonyl (C=O) groups excluding carboxylic acids is 1. The predicted molar refractivity (Wildman–Crippen MR) is 50.2 cm³/mol. The van der Waals surface area contributed by atoms with Crippen LogP contribution in [-0.2, 0) is 6.54 Å². The number of carbonyl (C=O) groups is 1. The van der Waals surface area contributed by atoms with Crippen LogP contribution in [0.3, 0.4) is 0 Å². The van der Waals surface area contributed by atoms with E-state index >= 15 is 0 Å². The Kier molecular flexibility index (Phi) is 1.81. The molecule has 1 unspecified atom stereocenters. The molecule has 1 aliphatic rings. The summed E-state index contributed by atoms with van der Waals surface area (Å²) in [6, 6.07) is 6.01. The minimum Gasteiger partial charge on any atom is -0.366 e. The fraction of sp³-hybridized carbons (Fsp3) is 0.300. The molecule has 3 N–H and O–H groups in total. The Hall–Kier alpha value is -1.35. The SMILES string of the molecule is CC1NCc2cc(C(N)=O)ccc21.